The molecule has 0 aromatic carbocycles. The number of aryl methyl sites for hydroxylation is 1. The molecule has 0 radical (unpaired) electrons. The predicted octanol–water partition coefficient (Wildman–Crippen LogP) is 0.427. The number of nitrogen functional groups attached to an aromatic ring is 1. The number of carbonyl (C=O) groups excluding carboxylic acids is 1. The Morgan fingerprint density at radius 3 is 2.72 bits per heavy atom. The molecule has 6 nitrogen and oxygen atoms in total. The van der Waals surface area contributed by atoms with Crippen LogP contribution in [0.4, 0.5) is 5.69 Å². The molecule has 18 heavy (non-hydrogen) atoms. The van der Waals surface area contributed by atoms with Gasteiger partial charge in [0.1, 0.15) is 0 Å². The number of amides is 1. The van der Waals surface area contributed by atoms with Crippen LogP contribution in [0.25, 0.3) is 0 Å². The second-order valence-corrected chi connectivity index (χ2v) is 5.06. The number of rotatable bonds is 3. The lowest BCUT2D eigenvalue weighted by atomic mass is 9.82. The fourth-order valence-corrected chi connectivity index (χ4v) is 2.53. The second kappa shape index (κ2) is 4.97. The summed E-state index contributed by atoms with van der Waals surface area (Å²) in [6.45, 7) is -0.0362. The molecule has 0 aliphatic heterocycles. The zero-order chi connectivity index (χ0) is 13.2. The smallest absolute Gasteiger partial charge is 0.274 e. The van der Waals surface area contributed by atoms with Gasteiger partial charge in [0.25, 0.3) is 5.91 Å². The van der Waals surface area contributed by atoms with Crippen molar-refractivity contribution in [3.8, 4) is 0 Å². The minimum absolute atomic E-state index is 0.0362. The van der Waals surface area contributed by atoms with E-state index in [-0.39, 0.29) is 18.2 Å². The van der Waals surface area contributed by atoms with Gasteiger partial charge in [-0.15, -0.1) is 0 Å². The number of hydrogen-bond donors (Lipinski definition) is 3. The number of nitrogens with one attached hydrogen (secondary N) is 1. The van der Waals surface area contributed by atoms with Crippen LogP contribution >= 0.6 is 0 Å². The van der Waals surface area contributed by atoms with Gasteiger partial charge in [-0.25, -0.2) is 0 Å². The first-order chi connectivity index (χ1) is 8.56. The molecular weight excluding hydrogens is 232 g/mol. The molecule has 100 valence electrons. The van der Waals surface area contributed by atoms with E-state index in [4.69, 9.17) is 5.73 Å². The zero-order valence-corrected chi connectivity index (χ0v) is 10.6. The summed E-state index contributed by atoms with van der Waals surface area (Å²) in [6, 6.07) is 0. The molecule has 0 saturated heterocycles. The van der Waals surface area contributed by atoms with Crippen LogP contribution in [-0.4, -0.2) is 32.9 Å². The van der Waals surface area contributed by atoms with Gasteiger partial charge in [0.15, 0.2) is 5.69 Å². The van der Waals surface area contributed by atoms with E-state index in [0.717, 1.165) is 32.1 Å². The highest BCUT2D eigenvalue weighted by atomic mass is 16.3. The van der Waals surface area contributed by atoms with Gasteiger partial charge in [0.05, 0.1) is 17.8 Å². The van der Waals surface area contributed by atoms with Gasteiger partial charge in [0.2, 0.25) is 0 Å². The van der Waals surface area contributed by atoms with Crippen LogP contribution in [0, 0.1) is 0 Å². The van der Waals surface area contributed by atoms with Gasteiger partial charge in [-0.05, 0) is 12.8 Å². The summed E-state index contributed by atoms with van der Waals surface area (Å²) in [7, 11) is 1.72. The lowest BCUT2D eigenvalue weighted by molar-refractivity contribution is 0.0754. The van der Waals surface area contributed by atoms with Crippen molar-refractivity contribution in [2.45, 2.75) is 37.6 Å². The molecule has 1 aliphatic carbocycles. The molecule has 2 rings (SSSR count). The summed E-state index contributed by atoms with van der Waals surface area (Å²) in [5, 5.41) is 16.5. The van der Waals surface area contributed by atoms with Crippen LogP contribution in [0.5, 0.6) is 0 Å². The number of hydrogen-bond acceptors (Lipinski definition) is 4. The van der Waals surface area contributed by atoms with Crippen molar-refractivity contribution in [3.63, 3.8) is 0 Å². The molecule has 6 heteroatoms. The van der Waals surface area contributed by atoms with Crippen molar-refractivity contribution < 1.29 is 9.90 Å². The summed E-state index contributed by atoms with van der Waals surface area (Å²) < 4.78 is 1.51. The normalized spacial score (nSPS) is 18.6. The van der Waals surface area contributed by atoms with Crippen LogP contribution in [0.1, 0.15) is 42.6 Å². The van der Waals surface area contributed by atoms with E-state index < -0.39 is 5.54 Å². The van der Waals surface area contributed by atoms with Gasteiger partial charge in [-0.3, -0.25) is 9.48 Å². The molecule has 0 bridgehead atoms. The SMILES string of the molecule is Cn1cc(N)c(C(=O)NC2(CO)CCCCC2)n1. The van der Waals surface area contributed by atoms with E-state index >= 15 is 0 Å². The molecule has 1 aromatic rings. The van der Waals surface area contributed by atoms with E-state index in [9.17, 15) is 9.90 Å². The maximum atomic E-state index is 12.1. The fraction of sp³-hybridized carbons (Fsp3) is 0.667. The summed E-state index contributed by atoms with van der Waals surface area (Å²) >= 11 is 0. The highest BCUT2D eigenvalue weighted by Crippen LogP contribution is 2.28. The van der Waals surface area contributed by atoms with E-state index in [0.29, 0.717) is 5.69 Å². The van der Waals surface area contributed by atoms with E-state index in [2.05, 4.69) is 10.4 Å². The Morgan fingerprint density at radius 2 is 2.22 bits per heavy atom. The van der Waals surface area contributed by atoms with Crippen LogP contribution in [0.2, 0.25) is 0 Å². The Balaban J connectivity index is 2.12. The summed E-state index contributed by atoms with van der Waals surface area (Å²) in [6.07, 6.45) is 6.42. The number of nitrogens with zero attached hydrogens (tertiary/aromatic N) is 2. The summed E-state index contributed by atoms with van der Waals surface area (Å²) in [4.78, 5) is 12.1. The highest BCUT2D eigenvalue weighted by molar-refractivity contribution is 5.97. The third-order valence-corrected chi connectivity index (χ3v) is 3.56. The zero-order valence-electron chi connectivity index (χ0n) is 10.6. The molecular formula is C12H20N4O2. The Bertz CT molecular complexity index is 435. The molecule has 1 aromatic heterocycles. The molecule has 1 fully saturated rings. The highest BCUT2D eigenvalue weighted by Gasteiger charge is 2.34. The number of nitrogens with two attached hydrogens (primary N) is 1. The van der Waals surface area contributed by atoms with Crippen LogP contribution < -0.4 is 11.1 Å². The van der Waals surface area contributed by atoms with Crippen LogP contribution in [-0.2, 0) is 7.05 Å². The molecule has 1 amide bonds. The van der Waals surface area contributed by atoms with Gasteiger partial charge in [-0.2, -0.15) is 5.10 Å². The molecule has 0 atom stereocenters. The lowest BCUT2D eigenvalue weighted by Crippen LogP contribution is -2.52. The van der Waals surface area contributed by atoms with E-state index in [1.807, 2.05) is 0 Å². The Hall–Kier alpha value is -1.56. The minimum Gasteiger partial charge on any atom is -0.396 e. The standard InChI is InChI=1S/C12H20N4O2/c1-16-7-9(13)10(15-16)11(18)14-12(8-17)5-3-2-4-6-12/h7,17H,2-6,8,13H2,1H3,(H,14,18). The van der Waals surface area contributed by atoms with Gasteiger partial charge in [0, 0.05) is 13.2 Å². The van der Waals surface area contributed by atoms with Crippen molar-refractivity contribution >= 4 is 11.6 Å². The molecule has 1 aliphatic rings. The average molecular weight is 252 g/mol. The van der Waals surface area contributed by atoms with Crippen molar-refractivity contribution in [2.24, 2.45) is 7.05 Å². The van der Waals surface area contributed by atoms with E-state index in [1.165, 1.54) is 4.68 Å². The van der Waals surface area contributed by atoms with Crippen molar-refractivity contribution in [3.05, 3.63) is 11.9 Å². The molecule has 4 N–H and O–H groups in total. The number of aliphatic hydroxyl groups excluding tert-OH is 1. The molecule has 1 heterocycles. The number of anilines is 1. The predicted molar refractivity (Wildman–Crippen MR) is 68.0 cm³/mol. The third kappa shape index (κ3) is 2.48. The number of aliphatic hydroxyl groups is 1. The largest absolute Gasteiger partial charge is 0.396 e. The topological polar surface area (TPSA) is 93.2 Å². The minimum atomic E-state index is -0.501. The average Bonchev–Trinajstić information content (AvgIpc) is 2.70. The fourth-order valence-electron chi connectivity index (χ4n) is 2.53. The third-order valence-electron chi connectivity index (χ3n) is 3.56. The lowest BCUT2D eigenvalue weighted by Gasteiger charge is -2.36. The maximum Gasteiger partial charge on any atom is 0.274 e. The number of carbonyl (C=O) groups is 1. The second-order valence-electron chi connectivity index (χ2n) is 5.06. The van der Waals surface area contributed by atoms with E-state index in [1.54, 1.807) is 13.2 Å². The van der Waals surface area contributed by atoms with Gasteiger partial charge in [-0.1, -0.05) is 19.3 Å². The van der Waals surface area contributed by atoms with Crippen LogP contribution in [0.15, 0.2) is 6.20 Å². The van der Waals surface area contributed by atoms with Crippen molar-refractivity contribution in [1.29, 1.82) is 0 Å². The van der Waals surface area contributed by atoms with Crippen molar-refractivity contribution in [1.82, 2.24) is 15.1 Å². The number of aromatic nitrogens is 2. The quantitative estimate of drug-likeness (QED) is 0.727. The molecule has 1 saturated carbocycles. The first-order valence-electron chi connectivity index (χ1n) is 6.29. The Kier molecular flexibility index (Phi) is 3.56. The van der Waals surface area contributed by atoms with Crippen molar-refractivity contribution in [2.75, 3.05) is 12.3 Å². The molecule has 0 unspecified atom stereocenters. The monoisotopic (exact) mass is 252 g/mol. The molecule has 0 spiro atoms. The first kappa shape index (κ1) is 12.9. The summed E-state index contributed by atoms with van der Waals surface area (Å²) in [5.41, 5.74) is 5.82. The first-order valence-corrected chi connectivity index (χ1v) is 6.29. The maximum absolute atomic E-state index is 12.1. The van der Waals surface area contributed by atoms with Gasteiger partial charge >= 0.3 is 0 Å². The van der Waals surface area contributed by atoms with Gasteiger partial charge < -0.3 is 16.2 Å². The van der Waals surface area contributed by atoms with Crippen LogP contribution in [0.3, 0.4) is 0 Å². The Labute approximate surface area is 106 Å². The summed E-state index contributed by atoms with van der Waals surface area (Å²) in [5.74, 6) is -0.302. The Morgan fingerprint density at radius 1 is 1.56 bits per heavy atom.